The van der Waals surface area contributed by atoms with Crippen LogP contribution in [0.4, 0.5) is 0 Å². The summed E-state index contributed by atoms with van der Waals surface area (Å²) in [5.74, 6) is -1.48. The number of carbonyl (C=O) groups excluding carboxylic acids is 3. The molecular formula is C26H20O8. The number of phenols is 2. The van der Waals surface area contributed by atoms with E-state index in [2.05, 4.69) is 0 Å². The Morgan fingerprint density at radius 3 is 2.38 bits per heavy atom. The number of methoxy groups -OCH3 is 2. The van der Waals surface area contributed by atoms with Crippen LogP contribution in [0.1, 0.15) is 43.0 Å². The fourth-order valence-electron chi connectivity index (χ4n) is 3.74. The Hall–Kier alpha value is -4.59. The minimum atomic E-state index is -0.659. The number of aromatic hydroxyl groups is 2. The van der Waals surface area contributed by atoms with E-state index in [4.69, 9.17) is 14.2 Å². The molecule has 34 heavy (non-hydrogen) atoms. The van der Waals surface area contributed by atoms with Gasteiger partial charge in [0, 0.05) is 28.8 Å². The number of carbonyl (C=O) groups is 3. The Morgan fingerprint density at radius 1 is 0.882 bits per heavy atom. The van der Waals surface area contributed by atoms with Crippen molar-refractivity contribution in [1.29, 1.82) is 0 Å². The number of fused-ring (bicyclic) bond motifs is 2. The van der Waals surface area contributed by atoms with Crippen LogP contribution in [0.15, 0.2) is 54.6 Å². The number of phenolic OH excluding ortho intramolecular Hbond substituents is 2. The second-order valence-electron chi connectivity index (χ2n) is 7.44. The van der Waals surface area contributed by atoms with Crippen molar-refractivity contribution in [2.75, 3.05) is 14.2 Å². The van der Waals surface area contributed by atoms with Gasteiger partial charge in [-0.05, 0) is 42.0 Å². The molecule has 8 nitrogen and oxygen atoms in total. The number of rotatable bonds is 6. The van der Waals surface area contributed by atoms with Gasteiger partial charge < -0.3 is 24.4 Å². The highest BCUT2D eigenvalue weighted by Crippen LogP contribution is 2.37. The van der Waals surface area contributed by atoms with Crippen LogP contribution in [0.5, 0.6) is 23.0 Å². The summed E-state index contributed by atoms with van der Waals surface area (Å²) in [6.45, 7) is -0.238. The lowest BCUT2D eigenvalue weighted by Gasteiger charge is -2.20. The molecule has 0 saturated heterocycles. The topological polar surface area (TPSA) is 119 Å². The van der Waals surface area contributed by atoms with Crippen LogP contribution in [0.3, 0.4) is 0 Å². The predicted octanol–water partition coefficient (Wildman–Crippen LogP) is 3.65. The predicted molar refractivity (Wildman–Crippen MR) is 121 cm³/mol. The van der Waals surface area contributed by atoms with Crippen LogP contribution in [-0.4, -0.2) is 42.0 Å². The van der Waals surface area contributed by atoms with E-state index >= 15 is 0 Å². The summed E-state index contributed by atoms with van der Waals surface area (Å²) >= 11 is 0. The zero-order chi connectivity index (χ0) is 24.4. The molecule has 2 N–H and O–H groups in total. The Labute approximate surface area is 194 Å². The number of benzene rings is 3. The Morgan fingerprint density at radius 2 is 1.65 bits per heavy atom. The fourth-order valence-corrected chi connectivity index (χ4v) is 3.74. The first-order valence-electron chi connectivity index (χ1n) is 10.2. The van der Waals surface area contributed by atoms with Gasteiger partial charge in [-0.25, -0.2) is 4.79 Å². The smallest absolute Gasteiger partial charge is 0.331 e. The van der Waals surface area contributed by atoms with Crippen molar-refractivity contribution >= 4 is 23.6 Å². The number of hydrogen-bond donors (Lipinski definition) is 2. The lowest BCUT2D eigenvalue weighted by Crippen LogP contribution is -2.21. The number of hydrogen-bond acceptors (Lipinski definition) is 8. The lowest BCUT2D eigenvalue weighted by molar-refractivity contribution is -0.138. The molecule has 0 bridgehead atoms. The molecule has 0 aliphatic heterocycles. The standard InChI is InChI=1S/C26H20O8/c1-32-16-8-6-15(21(12-16)33-2)7-9-22(29)34-13-14-10-18-24(20(28)11-14)26(31)23-17(25(18)30)4-3-5-19(23)27/h3-12,27-28H,13H2,1-2H3/b9-7+. The highest BCUT2D eigenvalue weighted by atomic mass is 16.5. The highest BCUT2D eigenvalue weighted by molar-refractivity contribution is 6.30. The third-order valence-corrected chi connectivity index (χ3v) is 5.38. The van der Waals surface area contributed by atoms with E-state index in [0.717, 1.165) is 0 Å². The van der Waals surface area contributed by atoms with Crippen molar-refractivity contribution in [2.45, 2.75) is 6.61 Å². The molecule has 1 aliphatic rings. The average molecular weight is 460 g/mol. The largest absolute Gasteiger partial charge is 0.507 e. The van der Waals surface area contributed by atoms with Crippen molar-refractivity contribution < 1.29 is 38.8 Å². The maximum absolute atomic E-state index is 12.9. The van der Waals surface area contributed by atoms with Gasteiger partial charge in [-0.1, -0.05) is 12.1 Å². The van der Waals surface area contributed by atoms with E-state index in [1.807, 2.05) is 0 Å². The zero-order valence-electron chi connectivity index (χ0n) is 18.3. The minimum absolute atomic E-state index is 0.0207. The molecule has 0 saturated carbocycles. The van der Waals surface area contributed by atoms with Gasteiger partial charge in [0.15, 0.2) is 5.78 Å². The van der Waals surface area contributed by atoms with Gasteiger partial charge in [-0.2, -0.15) is 0 Å². The van der Waals surface area contributed by atoms with E-state index in [9.17, 15) is 24.6 Å². The van der Waals surface area contributed by atoms with Crippen LogP contribution in [0.2, 0.25) is 0 Å². The van der Waals surface area contributed by atoms with Crippen molar-refractivity contribution in [2.24, 2.45) is 0 Å². The van der Waals surface area contributed by atoms with Crippen molar-refractivity contribution in [1.82, 2.24) is 0 Å². The number of esters is 1. The summed E-state index contributed by atoms with van der Waals surface area (Å²) in [5, 5.41) is 20.4. The molecule has 0 amide bonds. The minimum Gasteiger partial charge on any atom is -0.507 e. The molecule has 8 heteroatoms. The fraction of sp³-hybridized carbons (Fsp3) is 0.115. The van der Waals surface area contributed by atoms with Crippen LogP contribution >= 0.6 is 0 Å². The molecule has 3 aromatic carbocycles. The Bertz CT molecular complexity index is 1350. The van der Waals surface area contributed by atoms with Gasteiger partial charge in [0.2, 0.25) is 5.78 Å². The summed E-state index contributed by atoms with van der Waals surface area (Å²) in [5.41, 5.74) is 0.645. The molecule has 0 radical (unpaired) electrons. The van der Waals surface area contributed by atoms with Crippen molar-refractivity contribution in [3.8, 4) is 23.0 Å². The molecule has 0 heterocycles. The molecule has 0 fully saturated rings. The zero-order valence-corrected chi connectivity index (χ0v) is 18.3. The monoisotopic (exact) mass is 460 g/mol. The van der Waals surface area contributed by atoms with E-state index in [1.54, 1.807) is 18.2 Å². The molecule has 0 atom stereocenters. The second-order valence-corrected chi connectivity index (χ2v) is 7.44. The first-order valence-corrected chi connectivity index (χ1v) is 10.2. The molecule has 4 rings (SSSR count). The summed E-state index contributed by atoms with van der Waals surface area (Å²) in [4.78, 5) is 37.9. The van der Waals surface area contributed by atoms with Gasteiger partial charge in [0.25, 0.3) is 0 Å². The number of ketones is 2. The van der Waals surface area contributed by atoms with E-state index < -0.39 is 23.3 Å². The van der Waals surface area contributed by atoms with Crippen LogP contribution in [0.25, 0.3) is 6.08 Å². The van der Waals surface area contributed by atoms with Gasteiger partial charge in [-0.3, -0.25) is 9.59 Å². The van der Waals surface area contributed by atoms with E-state index in [-0.39, 0.29) is 34.6 Å². The maximum atomic E-state index is 12.9. The van der Waals surface area contributed by atoms with Crippen LogP contribution in [0, 0.1) is 0 Å². The van der Waals surface area contributed by atoms with Gasteiger partial charge in [0.1, 0.15) is 29.6 Å². The quantitative estimate of drug-likeness (QED) is 0.331. The summed E-state index contributed by atoms with van der Waals surface area (Å²) < 4.78 is 15.6. The Kier molecular flexibility index (Phi) is 6.05. The summed E-state index contributed by atoms with van der Waals surface area (Å²) in [6, 6.07) is 12.0. The molecule has 0 unspecified atom stereocenters. The van der Waals surface area contributed by atoms with Gasteiger partial charge >= 0.3 is 5.97 Å². The molecular weight excluding hydrogens is 440 g/mol. The van der Waals surface area contributed by atoms with Crippen molar-refractivity contribution in [3.63, 3.8) is 0 Å². The first kappa shape index (κ1) is 22.6. The van der Waals surface area contributed by atoms with Gasteiger partial charge in [0.05, 0.1) is 25.3 Å². The van der Waals surface area contributed by atoms with Gasteiger partial charge in [-0.15, -0.1) is 0 Å². The molecule has 1 aliphatic carbocycles. The SMILES string of the molecule is COc1ccc(/C=C/C(=O)OCc2cc(O)c3c(c2)C(=O)c2cccc(O)c2C3=O)c(OC)c1. The maximum Gasteiger partial charge on any atom is 0.331 e. The molecule has 0 spiro atoms. The molecule has 0 aromatic heterocycles. The third-order valence-electron chi connectivity index (χ3n) is 5.38. The normalized spacial score (nSPS) is 12.3. The second kappa shape index (κ2) is 9.11. The average Bonchev–Trinajstić information content (AvgIpc) is 2.84. The van der Waals surface area contributed by atoms with Crippen LogP contribution in [-0.2, 0) is 16.1 Å². The third kappa shape index (κ3) is 4.09. The lowest BCUT2D eigenvalue weighted by atomic mass is 9.82. The Balaban J connectivity index is 1.52. The highest BCUT2D eigenvalue weighted by Gasteiger charge is 2.34. The molecule has 172 valence electrons. The number of ether oxygens (including phenoxy) is 3. The summed E-state index contributed by atoms with van der Waals surface area (Å²) in [6.07, 6.45) is 2.74. The first-order chi connectivity index (χ1) is 16.3. The van der Waals surface area contributed by atoms with E-state index in [1.165, 1.54) is 56.7 Å². The summed E-state index contributed by atoms with van der Waals surface area (Å²) in [7, 11) is 3.03. The molecule has 3 aromatic rings. The van der Waals surface area contributed by atoms with Crippen LogP contribution < -0.4 is 9.47 Å². The van der Waals surface area contributed by atoms with Crippen molar-refractivity contribution in [3.05, 3.63) is 88.0 Å². The van der Waals surface area contributed by atoms with E-state index in [0.29, 0.717) is 22.6 Å².